The number of aromatic nitrogens is 4. The summed E-state index contributed by atoms with van der Waals surface area (Å²) >= 11 is 0. The van der Waals surface area contributed by atoms with Crippen molar-refractivity contribution in [3.63, 3.8) is 0 Å². The summed E-state index contributed by atoms with van der Waals surface area (Å²) in [7, 11) is 0. The highest BCUT2D eigenvalue weighted by atomic mass is 19.4. The fourth-order valence-electron chi connectivity index (χ4n) is 3.71. The Balaban J connectivity index is 1.54. The lowest BCUT2D eigenvalue weighted by Gasteiger charge is -2.14. The third kappa shape index (κ3) is 6.54. The number of anilines is 1. The van der Waals surface area contributed by atoms with Crippen molar-refractivity contribution in [2.24, 2.45) is 0 Å². The molecule has 0 saturated carbocycles. The molecule has 2 heterocycles. The zero-order chi connectivity index (χ0) is 30.6. The zero-order valence-electron chi connectivity index (χ0n) is 21.9. The van der Waals surface area contributed by atoms with E-state index in [9.17, 15) is 36.7 Å². The number of esters is 2. The van der Waals surface area contributed by atoms with Crippen molar-refractivity contribution in [3.8, 4) is 5.69 Å². The maximum absolute atomic E-state index is 14.3. The van der Waals surface area contributed by atoms with E-state index in [1.54, 1.807) is 6.92 Å². The molecular formula is C26H21F4N5O7. The highest BCUT2D eigenvalue weighted by Crippen LogP contribution is 2.36. The first kappa shape index (κ1) is 29.7. The van der Waals surface area contributed by atoms with Crippen LogP contribution in [0.5, 0.6) is 0 Å². The molecule has 0 saturated heterocycles. The van der Waals surface area contributed by atoms with Gasteiger partial charge in [0.1, 0.15) is 12.4 Å². The third-order valence-electron chi connectivity index (χ3n) is 5.57. The van der Waals surface area contributed by atoms with Crippen LogP contribution < -0.4 is 10.9 Å². The third-order valence-corrected chi connectivity index (χ3v) is 5.57. The van der Waals surface area contributed by atoms with Gasteiger partial charge >= 0.3 is 24.2 Å². The molecule has 0 unspecified atom stereocenters. The summed E-state index contributed by atoms with van der Waals surface area (Å²) in [5, 5.41) is 2.15. The number of nitrogens with zero attached hydrogens (tertiary/aromatic N) is 3. The normalized spacial score (nSPS) is 11.3. The van der Waals surface area contributed by atoms with Crippen LogP contribution in [0.4, 0.5) is 28.0 Å². The highest BCUT2D eigenvalue weighted by Gasteiger charge is 2.35. The standard InChI is InChI=1S/C26H21F4N5O7/c1-3-40-23(37)13-5-6-17(16(27)7-13)34-25(39)42-11-14-10-35(12-31-14)20-9-19-18(8-15(20)26(28,29)30)33-22(36)21(32-19)24(38)41-4-2/h5-10,12H,3-4,11H2,1-2H3,(H,33,36)(H,34,39). The summed E-state index contributed by atoms with van der Waals surface area (Å²) in [5.74, 6) is -2.72. The lowest BCUT2D eigenvalue weighted by Crippen LogP contribution is -2.22. The minimum atomic E-state index is -4.87. The summed E-state index contributed by atoms with van der Waals surface area (Å²) in [5.41, 5.74) is -3.99. The Bertz CT molecular complexity index is 1730. The van der Waals surface area contributed by atoms with Crippen LogP contribution >= 0.6 is 0 Å². The summed E-state index contributed by atoms with van der Waals surface area (Å²) in [6.07, 6.45) is -3.79. The van der Waals surface area contributed by atoms with E-state index in [1.165, 1.54) is 13.0 Å². The van der Waals surface area contributed by atoms with Gasteiger partial charge in [-0.3, -0.25) is 10.1 Å². The number of nitrogens with one attached hydrogen (secondary N) is 2. The van der Waals surface area contributed by atoms with E-state index in [1.807, 2.05) is 0 Å². The van der Waals surface area contributed by atoms with Crippen LogP contribution in [-0.4, -0.2) is 50.8 Å². The molecule has 12 nitrogen and oxygen atoms in total. The zero-order valence-corrected chi connectivity index (χ0v) is 21.9. The number of halogens is 4. The molecule has 1 amide bonds. The average molecular weight is 591 g/mol. The van der Waals surface area contributed by atoms with Gasteiger partial charge in [-0.15, -0.1) is 0 Å². The number of fused-ring (bicyclic) bond motifs is 1. The number of H-pyrrole nitrogens is 1. The van der Waals surface area contributed by atoms with Gasteiger partial charge in [-0.05, 0) is 44.2 Å². The number of amides is 1. The second-order valence-electron chi connectivity index (χ2n) is 8.41. The number of benzene rings is 2. The number of carbonyl (C=O) groups excluding carboxylic acids is 3. The average Bonchev–Trinajstić information content (AvgIpc) is 3.41. The van der Waals surface area contributed by atoms with Crippen LogP contribution in [0.15, 0.2) is 47.7 Å². The fraction of sp³-hybridized carbons (Fsp3) is 0.231. The molecule has 0 aliphatic heterocycles. The molecular weight excluding hydrogens is 570 g/mol. The Morgan fingerprint density at radius 3 is 2.40 bits per heavy atom. The van der Waals surface area contributed by atoms with E-state index in [2.05, 4.69) is 20.3 Å². The van der Waals surface area contributed by atoms with Gasteiger partial charge in [0.15, 0.2) is 0 Å². The van der Waals surface area contributed by atoms with Gasteiger partial charge in [-0.1, -0.05) is 0 Å². The number of hydrogen-bond donors (Lipinski definition) is 2. The van der Waals surface area contributed by atoms with E-state index >= 15 is 0 Å². The van der Waals surface area contributed by atoms with Crippen molar-refractivity contribution >= 4 is 34.8 Å². The van der Waals surface area contributed by atoms with Crippen LogP contribution in [0, 0.1) is 5.82 Å². The van der Waals surface area contributed by atoms with Crippen molar-refractivity contribution < 1.29 is 46.2 Å². The largest absolute Gasteiger partial charge is 0.462 e. The molecule has 0 bridgehead atoms. The Hall–Kier alpha value is -5.28. The first-order valence-corrected chi connectivity index (χ1v) is 12.2. The van der Waals surface area contributed by atoms with Crippen LogP contribution in [0.2, 0.25) is 0 Å². The molecule has 16 heteroatoms. The highest BCUT2D eigenvalue weighted by molar-refractivity contribution is 5.91. The molecule has 4 aromatic rings. The van der Waals surface area contributed by atoms with Crippen molar-refractivity contribution in [1.29, 1.82) is 0 Å². The number of ether oxygens (including phenoxy) is 3. The van der Waals surface area contributed by atoms with Crippen molar-refractivity contribution in [1.82, 2.24) is 19.5 Å². The number of rotatable bonds is 8. The maximum Gasteiger partial charge on any atom is 0.418 e. The van der Waals surface area contributed by atoms with Gasteiger partial charge in [0, 0.05) is 6.20 Å². The van der Waals surface area contributed by atoms with Crippen LogP contribution in [0.3, 0.4) is 0 Å². The summed E-state index contributed by atoms with van der Waals surface area (Å²) in [4.78, 5) is 58.1. The quantitative estimate of drug-likeness (QED) is 0.173. The fourth-order valence-corrected chi connectivity index (χ4v) is 3.71. The van der Waals surface area contributed by atoms with Gasteiger partial charge in [0.2, 0.25) is 5.69 Å². The number of alkyl halides is 3. The smallest absolute Gasteiger partial charge is 0.418 e. The monoisotopic (exact) mass is 591 g/mol. The van der Waals surface area contributed by atoms with Crippen LogP contribution in [0.1, 0.15) is 46.0 Å². The molecule has 0 fully saturated rings. The molecule has 0 atom stereocenters. The summed E-state index contributed by atoms with van der Waals surface area (Å²) in [6.45, 7) is 2.63. The molecule has 0 spiro atoms. The second kappa shape index (κ2) is 12.1. The molecule has 2 aromatic heterocycles. The lowest BCUT2D eigenvalue weighted by molar-refractivity contribution is -0.137. The number of hydrogen-bond acceptors (Lipinski definition) is 9. The van der Waals surface area contributed by atoms with Gasteiger partial charge in [0.05, 0.1) is 58.8 Å². The molecule has 4 rings (SSSR count). The Kier molecular flexibility index (Phi) is 8.54. The topological polar surface area (TPSA) is 154 Å². The van der Waals surface area contributed by atoms with Crippen molar-refractivity contribution in [2.45, 2.75) is 26.6 Å². The maximum atomic E-state index is 14.3. The Morgan fingerprint density at radius 1 is 1.02 bits per heavy atom. The Labute approximate surface area is 233 Å². The second-order valence-corrected chi connectivity index (χ2v) is 8.41. The number of carbonyl (C=O) groups is 3. The van der Waals surface area contributed by atoms with Crippen molar-refractivity contribution in [3.05, 3.63) is 81.5 Å². The predicted octanol–water partition coefficient (Wildman–Crippen LogP) is 4.37. The van der Waals surface area contributed by atoms with Gasteiger partial charge in [-0.2, -0.15) is 13.2 Å². The van der Waals surface area contributed by atoms with Gasteiger partial charge < -0.3 is 23.8 Å². The first-order valence-electron chi connectivity index (χ1n) is 12.2. The number of imidazole rings is 1. The molecule has 2 aromatic carbocycles. The van der Waals surface area contributed by atoms with Gasteiger partial charge in [-0.25, -0.2) is 28.7 Å². The van der Waals surface area contributed by atoms with Crippen LogP contribution in [-0.2, 0) is 27.0 Å². The molecule has 0 aliphatic rings. The van der Waals surface area contributed by atoms with E-state index in [-0.39, 0.29) is 41.2 Å². The van der Waals surface area contributed by atoms with E-state index < -0.39 is 59.1 Å². The molecule has 2 N–H and O–H groups in total. The predicted molar refractivity (Wildman–Crippen MR) is 137 cm³/mol. The lowest BCUT2D eigenvalue weighted by atomic mass is 10.1. The summed E-state index contributed by atoms with van der Waals surface area (Å²) < 4.78 is 71.6. The molecule has 42 heavy (non-hydrogen) atoms. The molecule has 0 aliphatic carbocycles. The minimum Gasteiger partial charge on any atom is -0.462 e. The van der Waals surface area contributed by atoms with Gasteiger partial charge in [0.25, 0.3) is 5.56 Å². The van der Waals surface area contributed by atoms with Crippen LogP contribution in [0.25, 0.3) is 16.7 Å². The summed E-state index contributed by atoms with van der Waals surface area (Å²) in [6, 6.07) is 4.90. The van der Waals surface area contributed by atoms with E-state index in [4.69, 9.17) is 14.2 Å². The first-order chi connectivity index (χ1) is 19.9. The van der Waals surface area contributed by atoms with E-state index in [0.29, 0.717) is 6.07 Å². The SMILES string of the molecule is CCOC(=O)c1ccc(NC(=O)OCc2cn(-c3cc4nc(C(=O)OCC)c(=O)[nH]c4cc3C(F)(F)F)cn2)c(F)c1. The number of aromatic amines is 1. The Morgan fingerprint density at radius 2 is 1.74 bits per heavy atom. The van der Waals surface area contributed by atoms with E-state index in [0.717, 1.165) is 35.3 Å². The minimum absolute atomic E-state index is 0.0261. The molecule has 0 radical (unpaired) electrons. The molecule has 220 valence electrons. The van der Waals surface area contributed by atoms with Crippen molar-refractivity contribution in [2.75, 3.05) is 18.5 Å².